The van der Waals surface area contributed by atoms with Crippen molar-refractivity contribution in [3.8, 4) is 5.75 Å². The van der Waals surface area contributed by atoms with Gasteiger partial charge in [0.15, 0.2) is 0 Å². The summed E-state index contributed by atoms with van der Waals surface area (Å²) < 4.78 is 47.8. The van der Waals surface area contributed by atoms with Gasteiger partial charge in [0.2, 0.25) is 5.95 Å². The second kappa shape index (κ2) is 11.8. The Balaban J connectivity index is 1.60. The smallest absolute Gasteiger partial charge is 0.446 e. The number of aryl methyl sites for hydroxylation is 1. The zero-order valence-corrected chi connectivity index (χ0v) is 20.8. The second-order valence-corrected chi connectivity index (χ2v) is 8.92. The van der Waals surface area contributed by atoms with Crippen molar-refractivity contribution in [2.24, 2.45) is 0 Å². The number of aromatic nitrogens is 2. The number of esters is 1. The fourth-order valence-corrected chi connectivity index (χ4v) is 3.86. The van der Waals surface area contributed by atoms with Gasteiger partial charge in [-0.05, 0) is 44.7 Å². The molecule has 1 aliphatic carbocycles. The van der Waals surface area contributed by atoms with Crippen LogP contribution in [0.1, 0.15) is 31.2 Å². The molecule has 3 rings (SSSR count). The van der Waals surface area contributed by atoms with Crippen LogP contribution in [-0.4, -0.2) is 53.4 Å². The second-order valence-electron chi connectivity index (χ2n) is 8.11. The fourth-order valence-electron chi connectivity index (χ4n) is 3.57. The van der Waals surface area contributed by atoms with E-state index in [0.29, 0.717) is 37.4 Å². The number of hydrogen-bond acceptors (Lipinski definition) is 8. The van der Waals surface area contributed by atoms with Crippen molar-refractivity contribution in [3.05, 3.63) is 40.0 Å². The highest BCUT2D eigenvalue weighted by molar-refractivity contribution is 6.42. The molecule has 3 N–H and O–H groups in total. The summed E-state index contributed by atoms with van der Waals surface area (Å²) in [5.74, 6) is -2.53. The lowest BCUT2D eigenvalue weighted by Gasteiger charge is -2.30. The molecule has 9 nitrogen and oxygen atoms in total. The number of carbonyl (C=O) groups excluding carboxylic acids is 2. The van der Waals surface area contributed by atoms with Gasteiger partial charge >= 0.3 is 24.3 Å². The third-order valence-corrected chi connectivity index (χ3v) is 6.15. The predicted octanol–water partition coefficient (Wildman–Crippen LogP) is 4.48. The third kappa shape index (κ3) is 7.50. The highest BCUT2D eigenvalue weighted by Crippen LogP contribution is 2.28. The van der Waals surface area contributed by atoms with Gasteiger partial charge in [0.05, 0.1) is 10.0 Å². The molecular formula is C22H24Cl2F3N5O4. The van der Waals surface area contributed by atoms with E-state index in [0.717, 1.165) is 5.56 Å². The van der Waals surface area contributed by atoms with Crippen LogP contribution in [0.3, 0.4) is 0 Å². The molecule has 1 aromatic heterocycles. The molecule has 1 saturated carbocycles. The lowest BCUT2D eigenvalue weighted by Crippen LogP contribution is -2.48. The van der Waals surface area contributed by atoms with Crippen LogP contribution in [0.15, 0.2) is 24.4 Å². The number of carbonyl (C=O) groups is 2. The predicted molar refractivity (Wildman–Crippen MR) is 127 cm³/mol. The largest absolute Gasteiger partial charge is 0.491 e. The van der Waals surface area contributed by atoms with Gasteiger partial charge in [0, 0.05) is 37.0 Å². The maximum atomic E-state index is 12.8. The molecule has 36 heavy (non-hydrogen) atoms. The topological polar surface area (TPSA) is 114 Å². The number of halogens is 5. The zero-order valence-electron chi connectivity index (χ0n) is 19.3. The molecule has 0 bridgehead atoms. The molecule has 1 aromatic carbocycles. The molecule has 1 atom stereocenters. The van der Waals surface area contributed by atoms with Crippen molar-refractivity contribution in [3.63, 3.8) is 0 Å². The molecule has 0 saturated heterocycles. The number of hydrogen-bond donors (Lipinski definition) is 3. The number of nitrogens with zero attached hydrogens (tertiary/aromatic N) is 2. The number of benzene rings is 1. The Morgan fingerprint density at radius 1 is 1.11 bits per heavy atom. The molecule has 1 amide bonds. The summed E-state index contributed by atoms with van der Waals surface area (Å²) in [6.45, 7) is 1.88. The minimum atomic E-state index is -5.31. The van der Waals surface area contributed by atoms with Crippen LogP contribution < -0.4 is 20.7 Å². The Morgan fingerprint density at radius 3 is 2.39 bits per heavy atom. The van der Waals surface area contributed by atoms with E-state index in [1.807, 2.05) is 6.92 Å². The van der Waals surface area contributed by atoms with E-state index in [9.17, 15) is 22.8 Å². The Morgan fingerprint density at radius 2 is 1.78 bits per heavy atom. The molecule has 1 aliphatic rings. The van der Waals surface area contributed by atoms with E-state index < -0.39 is 24.3 Å². The first-order chi connectivity index (χ1) is 17.0. The Labute approximate surface area is 215 Å². The Bertz CT molecular complexity index is 1100. The van der Waals surface area contributed by atoms with E-state index in [1.54, 1.807) is 13.2 Å². The lowest BCUT2D eigenvalue weighted by molar-refractivity contribution is -0.216. The van der Waals surface area contributed by atoms with E-state index in [-0.39, 0.29) is 27.9 Å². The molecule has 1 heterocycles. The van der Waals surface area contributed by atoms with Crippen LogP contribution in [0, 0.1) is 6.92 Å². The van der Waals surface area contributed by atoms with Crippen molar-refractivity contribution >= 4 is 46.8 Å². The average Bonchev–Trinajstić information content (AvgIpc) is 2.82. The number of nitrogens with one attached hydrogen (secondary N) is 3. The molecule has 2 aromatic rings. The lowest BCUT2D eigenvalue weighted by atomic mass is 9.91. The quantitative estimate of drug-likeness (QED) is 0.326. The van der Waals surface area contributed by atoms with Gasteiger partial charge < -0.3 is 25.4 Å². The first-order valence-electron chi connectivity index (χ1n) is 10.9. The summed E-state index contributed by atoms with van der Waals surface area (Å²) in [4.78, 5) is 32.8. The first kappa shape index (κ1) is 27.6. The van der Waals surface area contributed by atoms with Crippen LogP contribution >= 0.6 is 23.2 Å². The summed E-state index contributed by atoms with van der Waals surface area (Å²) in [6, 6.07) is 3.46. The highest BCUT2D eigenvalue weighted by Gasteiger charge is 2.44. The third-order valence-electron chi connectivity index (χ3n) is 5.41. The average molecular weight is 550 g/mol. The van der Waals surface area contributed by atoms with Crippen LogP contribution in [0.5, 0.6) is 5.75 Å². The fraction of sp³-hybridized carbons (Fsp3) is 0.455. The van der Waals surface area contributed by atoms with Crippen LogP contribution in [0.4, 0.5) is 24.9 Å². The number of ether oxygens (including phenoxy) is 2. The van der Waals surface area contributed by atoms with E-state index in [2.05, 4.69) is 30.7 Å². The minimum Gasteiger partial charge on any atom is -0.446 e. The van der Waals surface area contributed by atoms with Gasteiger partial charge in [0.25, 0.3) is 0 Å². The maximum Gasteiger partial charge on any atom is 0.491 e. The number of anilines is 2. The zero-order chi connectivity index (χ0) is 26.5. The van der Waals surface area contributed by atoms with E-state index in [4.69, 9.17) is 27.9 Å². The minimum absolute atomic E-state index is 0.0388. The van der Waals surface area contributed by atoms with Gasteiger partial charge in [-0.1, -0.05) is 23.2 Å². The highest BCUT2D eigenvalue weighted by atomic mass is 35.5. The van der Waals surface area contributed by atoms with Gasteiger partial charge in [-0.3, -0.25) is 4.79 Å². The molecule has 1 unspecified atom stereocenters. The van der Waals surface area contributed by atoms with Crippen LogP contribution in [0.2, 0.25) is 10.0 Å². The molecule has 1 fully saturated rings. The Kier molecular flexibility index (Phi) is 9.07. The normalized spacial score (nSPS) is 18.6. The van der Waals surface area contributed by atoms with Gasteiger partial charge in [0.1, 0.15) is 11.6 Å². The Hall–Kier alpha value is -2.99. The number of amides is 1. The first-order valence-corrected chi connectivity index (χ1v) is 11.7. The number of alkyl halides is 3. The summed E-state index contributed by atoms with van der Waals surface area (Å²) in [5, 5.41) is 9.04. The summed E-state index contributed by atoms with van der Waals surface area (Å²) in [5.41, 5.74) is 0.901. The van der Waals surface area contributed by atoms with Crippen LogP contribution in [-0.2, 0) is 14.3 Å². The molecule has 0 aliphatic heterocycles. The summed E-state index contributed by atoms with van der Waals surface area (Å²) in [6.07, 6.45) is -3.50. The van der Waals surface area contributed by atoms with Gasteiger partial charge in [-0.2, -0.15) is 18.2 Å². The van der Waals surface area contributed by atoms with Gasteiger partial charge in [-0.15, -0.1) is 0 Å². The van der Waals surface area contributed by atoms with Crippen molar-refractivity contribution < 1.29 is 32.2 Å². The van der Waals surface area contributed by atoms with Crippen molar-refractivity contribution in [2.75, 3.05) is 17.7 Å². The summed E-state index contributed by atoms with van der Waals surface area (Å²) >= 11 is 11.7. The van der Waals surface area contributed by atoms with Crippen molar-refractivity contribution in [1.82, 2.24) is 15.3 Å². The van der Waals surface area contributed by atoms with E-state index in [1.165, 1.54) is 18.2 Å². The van der Waals surface area contributed by atoms with E-state index >= 15 is 0 Å². The maximum absolute atomic E-state index is 12.8. The van der Waals surface area contributed by atoms with Crippen LogP contribution in [0.25, 0.3) is 0 Å². The molecule has 196 valence electrons. The SMILES string of the molecule is CNc1nc(NC2CCC(NC(=O)C(OC(=O)C(F)(F)F)Oc3ccc(Cl)c(Cl)c3)CC2)ncc1C. The molecule has 0 spiro atoms. The van der Waals surface area contributed by atoms with Crippen molar-refractivity contribution in [2.45, 2.75) is 57.2 Å². The standard InChI is InChI=1S/C22H24Cl2F3N5O4/c1-11-10-29-21(32-17(11)28-2)31-13-5-3-12(4-6-13)30-18(33)19(36-20(34)22(25,26)27)35-14-7-8-15(23)16(24)9-14/h7-10,12-13,19H,3-6H2,1-2H3,(H,30,33)(H2,28,29,31,32). The molecular weight excluding hydrogens is 526 g/mol. The van der Waals surface area contributed by atoms with Crippen molar-refractivity contribution in [1.29, 1.82) is 0 Å². The monoisotopic (exact) mass is 549 g/mol. The molecule has 14 heteroatoms. The summed E-state index contributed by atoms with van der Waals surface area (Å²) in [7, 11) is 1.76. The molecule has 0 radical (unpaired) electrons. The van der Waals surface area contributed by atoms with Gasteiger partial charge in [-0.25, -0.2) is 9.78 Å². The number of rotatable bonds is 8.